The van der Waals surface area contributed by atoms with Crippen molar-refractivity contribution in [2.24, 2.45) is 12.0 Å². The molecule has 3 rings (SSSR count). The summed E-state index contributed by atoms with van der Waals surface area (Å²) >= 11 is 0. The number of nitrogens with zero attached hydrogens (tertiary/aromatic N) is 3. The number of aryl methyl sites for hydroxylation is 2. The average Bonchev–Trinajstić information content (AvgIpc) is 3.26. The van der Waals surface area contributed by atoms with Crippen molar-refractivity contribution in [3.05, 3.63) is 17.0 Å². The molecule has 2 fully saturated rings. The molecule has 134 valence electrons. The number of aliphatic imine (C=N–C) groups is 1. The SMILES string of the molecule is CCNC(=NCc1c(CC)nn(C)c1CC)NC1CC2CCC1O2. The standard InChI is InChI=1S/C18H31N5O/c1-5-14-13(16(6-2)23(4)22-14)11-20-18(19-7-3)21-15-10-12-8-9-17(15)24-12/h12,15,17H,5-11H2,1-4H3,(H2,19,20,21). The molecule has 1 aromatic rings. The van der Waals surface area contributed by atoms with Gasteiger partial charge in [-0.2, -0.15) is 5.10 Å². The molecule has 2 aliphatic heterocycles. The predicted molar refractivity (Wildman–Crippen MR) is 96.2 cm³/mol. The number of hydrogen-bond acceptors (Lipinski definition) is 3. The van der Waals surface area contributed by atoms with Gasteiger partial charge in [0, 0.05) is 24.8 Å². The van der Waals surface area contributed by atoms with Crippen LogP contribution in [0.25, 0.3) is 0 Å². The van der Waals surface area contributed by atoms with Crippen molar-refractivity contribution in [2.45, 2.75) is 77.7 Å². The molecule has 0 radical (unpaired) electrons. The second-order valence-corrected chi connectivity index (χ2v) is 6.76. The number of fused-ring (bicyclic) bond motifs is 2. The minimum atomic E-state index is 0.356. The summed E-state index contributed by atoms with van der Waals surface area (Å²) in [5.74, 6) is 0.895. The van der Waals surface area contributed by atoms with Crippen molar-refractivity contribution in [1.82, 2.24) is 20.4 Å². The number of rotatable bonds is 6. The quantitative estimate of drug-likeness (QED) is 0.617. The molecule has 3 atom stereocenters. The summed E-state index contributed by atoms with van der Waals surface area (Å²) in [7, 11) is 2.03. The van der Waals surface area contributed by atoms with Crippen molar-refractivity contribution < 1.29 is 4.74 Å². The molecule has 2 saturated heterocycles. The van der Waals surface area contributed by atoms with Crippen LogP contribution in [-0.4, -0.2) is 40.5 Å². The molecular formula is C18H31N5O. The molecule has 6 nitrogen and oxygen atoms in total. The number of ether oxygens (including phenoxy) is 1. The summed E-state index contributed by atoms with van der Waals surface area (Å²) < 4.78 is 7.95. The Hall–Kier alpha value is -1.56. The zero-order valence-corrected chi connectivity index (χ0v) is 15.4. The molecular weight excluding hydrogens is 302 g/mol. The second-order valence-electron chi connectivity index (χ2n) is 6.76. The van der Waals surface area contributed by atoms with E-state index in [1.54, 1.807) is 0 Å². The van der Waals surface area contributed by atoms with Crippen molar-refractivity contribution in [2.75, 3.05) is 6.54 Å². The van der Waals surface area contributed by atoms with Gasteiger partial charge in [0.25, 0.3) is 0 Å². The number of guanidine groups is 1. The molecule has 0 amide bonds. The largest absolute Gasteiger partial charge is 0.373 e. The van der Waals surface area contributed by atoms with Gasteiger partial charge in [-0.1, -0.05) is 13.8 Å². The predicted octanol–water partition coefficient (Wildman–Crippen LogP) is 1.92. The van der Waals surface area contributed by atoms with Crippen LogP contribution in [0.1, 0.15) is 57.0 Å². The van der Waals surface area contributed by atoms with Gasteiger partial charge in [-0.25, -0.2) is 4.99 Å². The van der Waals surface area contributed by atoms with Gasteiger partial charge in [-0.05, 0) is 39.0 Å². The maximum Gasteiger partial charge on any atom is 0.191 e. The van der Waals surface area contributed by atoms with E-state index in [4.69, 9.17) is 9.73 Å². The first-order valence-electron chi connectivity index (χ1n) is 9.40. The van der Waals surface area contributed by atoms with Crippen molar-refractivity contribution in [3.63, 3.8) is 0 Å². The fraction of sp³-hybridized carbons (Fsp3) is 0.778. The Balaban J connectivity index is 1.72. The summed E-state index contributed by atoms with van der Waals surface area (Å²) in [4.78, 5) is 4.85. The van der Waals surface area contributed by atoms with E-state index in [0.29, 0.717) is 24.8 Å². The van der Waals surface area contributed by atoms with Crippen LogP contribution in [0, 0.1) is 0 Å². The lowest BCUT2D eigenvalue weighted by Gasteiger charge is -2.22. The first kappa shape index (κ1) is 17.3. The van der Waals surface area contributed by atoms with E-state index in [-0.39, 0.29) is 0 Å². The smallest absolute Gasteiger partial charge is 0.191 e. The summed E-state index contributed by atoms with van der Waals surface area (Å²) in [6.45, 7) is 7.98. The first-order valence-corrected chi connectivity index (χ1v) is 9.40. The van der Waals surface area contributed by atoms with Gasteiger partial charge < -0.3 is 15.4 Å². The van der Waals surface area contributed by atoms with Gasteiger partial charge in [-0.3, -0.25) is 4.68 Å². The summed E-state index contributed by atoms with van der Waals surface area (Å²) in [6.07, 6.45) is 6.22. The average molecular weight is 333 g/mol. The highest BCUT2D eigenvalue weighted by atomic mass is 16.5. The minimum Gasteiger partial charge on any atom is -0.373 e. The lowest BCUT2D eigenvalue weighted by atomic mass is 9.96. The van der Waals surface area contributed by atoms with Crippen molar-refractivity contribution >= 4 is 5.96 Å². The van der Waals surface area contributed by atoms with Crippen LogP contribution in [-0.2, 0) is 31.2 Å². The maximum atomic E-state index is 5.94. The topological polar surface area (TPSA) is 63.5 Å². The van der Waals surface area contributed by atoms with Crippen LogP contribution in [0.15, 0.2) is 4.99 Å². The zero-order valence-electron chi connectivity index (χ0n) is 15.4. The monoisotopic (exact) mass is 333 g/mol. The Kier molecular flexibility index (Phi) is 5.43. The van der Waals surface area contributed by atoms with E-state index < -0.39 is 0 Å². The fourth-order valence-corrected chi connectivity index (χ4v) is 4.02. The van der Waals surface area contributed by atoms with Crippen LogP contribution >= 0.6 is 0 Å². The minimum absolute atomic E-state index is 0.356. The van der Waals surface area contributed by atoms with Gasteiger partial charge in [0.2, 0.25) is 0 Å². The lowest BCUT2D eigenvalue weighted by Crippen LogP contribution is -2.47. The Morgan fingerprint density at radius 1 is 1.29 bits per heavy atom. The molecule has 0 saturated carbocycles. The fourth-order valence-electron chi connectivity index (χ4n) is 4.02. The summed E-state index contributed by atoms with van der Waals surface area (Å²) in [5.41, 5.74) is 3.73. The molecule has 24 heavy (non-hydrogen) atoms. The molecule has 2 bridgehead atoms. The zero-order chi connectivity index (χ0) is 17.1. The highest BCUT2D eigenvalue weighted by molar-refractivity contribution is 5.80. The molecule has 3 heterocycles. The molecule has 2 N–H and O–H groups in total. The molecule has 6 heteroatoms. The highest BCUT2D eigenvalue weighted by Gasteiger charge is 2.41. The Morgan fingerprint density at radius 3 is 2.71 bits per heavy atom. The lowest BCUT2D eigenvalue weighted by molar-refractivity contribution is 0.0992. The van der Waals surface area contributed by atoms with Crippen LogP contribution < -0.4 is 10.6 Å². The third-order valence-corrected chi connectivity index (χ3v) is 5.20. The number of nitrogens with one attached hydrogen (secondary N) is 2. The van der Waals surface area contributed by atoms with E-state index in [9.17, 15) is 0 Å². The van der Waals surface area contributed by atoms with Crippen molar-refractivity contribution in [1.29, 1.82) is 0 Å². The van der Waals surface area contributed by atoms with E-state index in [1.807, 2.05) is 11.7 Å². The van der Waals surface area contributed by atoms with Crippen molar-refractivity contribution in [3.8, 4) is 0 Å². The Bertz CT molecular complexity index is 594. The van der Waals surface area contributed by atoms with E-state index >= 15 is 0 Å². The third kappa shape index (κ3) is 3.43. The molecule has 2 aliphatic rings. The van der Waals surface area contributed by atoms with E-state index in [2.05, 4.69) is 36.5 Å². The van der Waals surface area contributed by atoms with Gasteiger partial charge in [-0.15, -0.1) is 0 Å². The molecule has 0 spiro atoms. The van der Waals surface area contributed by atoms with Gasteiger partial charge in [0.15, 0.2) is 5.96 Å². The first-order chi connectivity index (χ1) is 11.7. The number of hydrogen-bond donors (Lipinski definition) is 2. The van der Waals surface area contributed by atoms with E-state index in [0.717, 1.165) is 37.5 Å². The van der Waals surface area contributed by atoms with E-state index in [1.165, 1.54) is 24.1 Å². The Labute approximate surface area is 145 Å². The molecule has 3 unspecified atom stereocenters. The summed E-state index contributed by atoms with van der Waals surface area (Å²) in [5, 5.41) is 11.6. The van der Waals surface area contributed by atoms with Crippen LogP contribution in [0.5, 0.6) is 0 Å². The third-order valence-electron chi connectivity index (χ3n) is 5.20. The normalized spacial score (nSPS) is 26.2. The molecule has 0 aliphatic carbocycles. The summed E-state index contributed by atoms with van der Waals surface area (Å²) in [6, 6.07) is 0.395. The van der Waals surface area contributed by atoms with Crippen LogP contribution in [0.3, 0.4) is 0 Å². The van der Waals surface area contributed by atoms with Gasteiger partial charge in [0.05, 0.1) is 30.5 Å². The molecule has 1 aromatic heterocycles. The van der Waals surface area contributed by atoms with Gasteiger partial charge >= 0.3 is 0 Å². The second kappa shape index (κ2) is 7.55. The van der Waals surface area contributed by atoms with Crippen LogP contribution in [0.4, 0.5) is 0 Å². The maximum absolute atomic E-state index is 5.94. The highest BCUT2D eigenvalue weighted by Crippen LogP contribution is 2.34. The molecule has 0 aromatic carbocycles. The Morgan fingerprint density at radius 2 is 2.12 bits per heavy atom. The van der Waals surface area contributed by atoms with Crippen LogP contribution in [0.2, 0.25) is 0 Å². The van der Waals surface area contributed by atoms with Gasteiger partial charge in [0.1, 0.15) is 0 Å². The number of aromatic nitrogens is 2.